The first kappa shape index (κ1) is 46.7. The number of hydrogen-bond donors (Lipinski definition) is 4. The zero-order valence-electron chi connectivity index (χ0n) is 37.8. The Morgan fingerprint density at radius 3 is 2.25 bits per heavy atom. The topological polar surface area (TPSA) is 209 Å². The summed E-state index contributed by atoms with van der Waals surface area (Å²) < 4.78 is 35.7. The molecule has 2 aromatic carbocycles. The number of nitrogens with zero attached hydrogens (tertiary/aromatic N) is 7. The lowest BCUT2D eigenvalue weighted by Crippen LogP contribution is -2.54. The van der Waals surface area contributed by atoms with Gasteiger partial charge in [0, 0.05) is 55.9 Å². The fraction of sp³-hybridized carbons (Fsp3) is 0.479. The van der Waals surface area contributed by atoms with Crippen molar-refractivity contribution in [2.75, 3.05) is 30.3 Å². The molecule has 0 spiro atoms. The summed E-state index contributed by atoms with van der Waals surface area (Å²) in [6.07, 6.45) is 15.8. The Labute approximate surface area is 386 Å². The van der Waals surface area contributed by atoms with Crippen LogP contribution in [0.5, 0.6) is 5.75 Å². The van der Waals surface area contributed by atoms with Gasteiger partial charge in [0.2, 0.25) is 23.7 Å². The summed E-state index contributed by atoms with van der Waals surface area (Å²) in [6, 6.07) is 9.10. The maximum absolute atomic E-state index is 14.4. The van der Waals surface area contributed by atoms with Gasteiger partial charge in [-0.15, -0.1) is 0 Å². The molecule has 3 aromatic heterocycles. The number of unbranched alkanes of at least 4 members (excludes halogenated alkanes) is 10. The van der Waals surface area contributed by atoms with Crippen LogP contribution in [0.15, 0.2) is 48.7 Å². The highest BCUT2D eigenvalue weighted by Gasteiger charge is 2.44. The van der Waals surface area contributed by atoms with Gasteiger partial charge in [0.25, 0.3) is 11.8 Å². The van der Waals surface area contributed by atoms with Crippen molar-refractivity contribution in [2.45, 2.75) is 128 Å². The van der Waals surface area contributed by atoms with Crippen LogP contribution < -0.4 is 20.7 Å². The molecule has 3 aliphatic rings. The Bertz CT molecular complexity index is 2610. The maximum atomic E-state index is 14.4. The summed E-state index contributed by atoms with van der Waals surface area (Å²) >= 11 is 0. The number of carbonyl (C=O) groups is 5. The van der Waals surface area contributed by atoms with Crippen molar-refractivity contribution >= 4 is 58.2 Å². The molecule has 1 atom stereocenters. The lowest BCUT2D eigenvalue weighted by molar-refractivity contribution is -0.136. The summed E-state index contributed by atoms with van der Waals surface area (Å²) in [6.45, 7) is 3.70. The fourth-order valence-corrected chi connectivity index (χ4v) is 9.03. The smallest absolute Gasteiger partial charge is 0.262 e. The number of H-pyrrole nitrogens is 1. The predicted octanol–water partition coefficient (Wildman–Crippen LogP) is 7.82. The average Bonchev–Trinajstić information content (AvgIpc) is 4.01. The Balaban J connectivity index is 0.685. The number of halogens is 2. The van der Waals surface area contributed by atoms with Gasteiger partial charge in [-0.3, -0.25) is 39.3 Å². The van der Waals surface area contributed by atoms with Crippen LogP contribution in [0.2, 0.25) is 0 Å². The van der Waals surface area contributed by atoms with Gasteiger partial charge >= 0.3 is 0 Å². The van der Waals surface area contributed by atoms with Crippen LogP contribution in [0.1, 0.15) is 141 Å². The number of aryl methyl sites for hydroxylation is 1. The number of hydrogen-bond acceptors (Lipinski definition) is 12. The summed E-state index contributed by atoms with van der Waals surface area (Å²) in [5.41, 5.74) is 2.19. The second-order valence-electron chi connectivity index (χ2n) is 17.6. The molecule has 2 saturated heterocycles. The fourth-order valence-electron chi connectivity index (χ4n) is 9.03. The van der Waals surface area contributed by atoms with Gasteiger partial charge in [-0.2, -0.15) is 20.2 Å². The number of imide groups is 2. The molecule has 1 unspecified atom stereocenters. The second-order valence-corrected chi connectivity index (χ2v) is 17.6. The molecule has 19 heteroatoms. The summed E-state index contributed by atoms with van der Waals surface area (Å²) in [5.74, 6) is -1.44. The Kier molecular flexibility index (Phi) is 15.1. The van der Waals surface area contributed by atoms with Crippen molar-refractivity contribution in [3.63, 3.8) is 0 Å². The average molecular weight is 922 g/mol. The van der Waals surface area contributed by atoms with Gasteiger partial charge in [-0.25, -0.2) is 13.5 Å². The number of amides is 5. The molecule has 354 valence electrons. The highest BCUT2D eigenvalue weighted by Crippen LogP contribution is 2.32. The number of likely N-dealkylation sites (tertiary alicyclic amines) is 1. The first-order valence-corrected chi connectivity index (χ1v) is 23.5. The zero-order valence-corrected chi connectivity index (χ0v) is 37.8. The van der Waals surface area contributed by atoms with Crippen molar-refractivity contribution in [3.05, 3.63) is 82.7 Å². The number of benzene rings is 2. The first-order valence-electron chi connectivity index (χ1n) is 23.5. The van der Waals surface area contributed by atoms with Crippen LogP contribution in [-0.2, 0) is 20.9 Å². The van der Waals surface area contributed by atoms with Crippen LogP contribution in [0.3, 0.4) is 0 Å². The van der Waals surface area contributed by atoms with E-state index in [4.69, 9.17) is 14.8 Å². The summed E-state index contributed by atoms with van der Waals surface area (Å²) in [4.78, 5) is 75.3. The number of anilines is 3. The van der Waals surface area contributed by atoms with Crippen LogP contribution >= 0.6 is 0 Å². The number of ether oxygens (including phenoxy) is 1. The number of rotatable bonds is 22. The van der Waals surface area contributed by atoms with E-state index >= 15 is 0 Å². The van der Waals surface area contributed by atoms with Crippen molar-refractivity contribution < 1.29 is 37.5 Å². The molecule has 0 radical (unpaired) electrons. The van der Waals surface area contributed by atoms with Crippen molar-refractivity contribution in [3.8, 4) is 5.75 Å². The quantitative estimate of drug-likeness (QED) is 0.0387. The van der Waals surface area contributed by atoms with Gasteiger partial charge in [-0.05, 0) is 63.3 Å². The van der Waals surface area contributed by atoms with Crippen LogP contribution in [0.25, 0.3) is 11.0 Å². The normalized spacial score (nSPS) is 16.5. The van der Waals surface area contributed by atoms with Crippen molar-refractivity contribution in [1.29, 1.82) is 0 Å². The van der Waals surface area contributed by atoms with E-state index in [-0.39, 0.29) is 54.0 Å². The van der Waals surface area contributed by atoms with Gasteiger partial charge in [0.1, 0.15) is 29.2 Å². The van der Waals surface area contributed by atoms with E-state index in [0.29, 0.717) is 54.5 Å². The van der Waals surface area contributed by atoms with Gasteiger partial charge in [0.05, 0.1) is 35.4 Å². The number of piperidine rings is 2. The van der Waals surface area contributed by atoms with E-state index in [2.05, 4.69) is 31.1 Å². The second kappa shape index (κ2) is 21.7. The molecular weight excluding hydrogens is 865 g/mol. The Morgan fingerprint density at radius 2 is 1.55 bits per heavy atom. The van der Waals surface area contributed by atoms with Gasteiger partial charge < -0.3 is 20.3 Å². The highest BCUT2D eigenvalue weighted by atomic mass is 19.1. The number of carbonyl (C=O) groups excluding carboxylic acids is 5. The van der Waals surface area contributed by atoms with Gasteiger partial charge in [-0.1, -0.05) is 63.9 Å². The van der Waals surface area contributed by atoms with E-state index in [1.165, 1.54) is 31.4 Å². The molecule has 0 bridgehead atoms. The van der Waals surface area contributed by atoms with Crippen LogP contribution in [0.4, 0.5) is 26.4 Å². The third-order valence-electron chi connectivity index (χ3n) is 12.7. The lowest BCUT2D eigenvalue weighted by Gasteiger charge is -2.32. The minimum absolute atomic E-state index is 0.0162. The Morgan fingerprint density at radius 1 is 0.836 bits per heavy atom. The molecule has 4 N–H and O–H groups in total. The molecule has 5 aromatic rings. The molecular formula is C48H57F2N11O6. The maximum Gasteiger partial charge on any atom is 0.262 e. The highest BCUT2D eigenvalue weighted by molar-refractivity contribution is 6.23. The molecule has 6 heterocycles. The number of nitrogens with one attached hydrogen (secondary N) is 4. The van der Waals surface area contributed by atoms with E-state index in [9.17, 15) is 32.8 Å². The summed E-state index contributed by atoms with van der Waals surface area (Å²) in [7, 11) is 0. The van der Waals surface area contributed by atoms with Crippen LogP contribution in [-0.4, -0.2) is 95.0 Å². The monoisotopic (exact) mass is 921 g/mol. The standard InChI is InChI=1S/C48H57F2N11O6/c1-30-25-40(58-57-30)53-43-37-29-52-61(44(37)56-48(55-43)51-28-31-14-15-32(49)26-38(31)50)33-20-22-59(23-21-33)42(63)13-11-9-7-5-3-2-4-6-8-10-12-24-67-34-16-17-35-36(27-34)47(66)60(46(35)65)39-18-19-41(62)54-45(39)64/h14-17,25-27,29,33,39H,2-13,18-24,28H2,1H3,(H,54,62,64)(H3,51,53,55,56,57,58). The van der Waals surface area contributed by atoms with E-state index in [1.54, 1.807) is 24.4 Å². The molecule has 5 amide bonds. The Hall–Kier alpha value is -6.79. The first-order chi connectivity index (χ1) is 32.5. The number of fused-ring (bicyclic) bond motifs is 2. The zero-order chi connectivity index (χ0) is 46.9. The van der Waals surface area contributed by atoms with Crippen molar-refractivity contribution in [1.82, 2.24) is 45.1 Å². The molecule has 0 aliphatic carbocycles. The number of aromatic amines is 1. The SMILES string of the molecule is Cc1cc(Nc2nc(NCc3ccc(F)cc3F)nc3c2cnn3C2CCN(C(=O)CCCCCCCCCCCCCOc3ccc4c(c3)C(=O)N(C3CCC(=O)NC3=O)C4=O)CC2)n[nH]1. The molecule has 3 aliphatic heterocycles. The largest absolute Gasteiger partial charge is 0.494 e. The summed E-state index contributed by atoms with van der Waals surface area (Å²) in [5, 5.41) is 21.1. The minimum Gasteiger partial charge on any atom is -0.494 e. The molecule has 8 rings (SSSR count). The third-order valence-corrected chi connectivity index (χ3v) is 12.7. The molecule has 17 nitrogen and oxygen atoms in total. The minimum atomic E-state index is -0.993. The van der Waals surface area contributed by atoms with E-state index in [0.717, 1.165) is 80.9 Å². The van der Waals surface area contributed by atoms with Gasteiger partial charge in [0.15, 0.2) is 11.5 Å². The number of aromatic nitrogens is 6. The molecule has 0 saturated carbocycles. The van der Waals surface area contributed by atoms with E-state index < -0.39 is 41.3 Å². The van der Waals surface area contributed by atoms with Crippen molar-refractivity contribution in [2.24, 2.45) is 0 Å². The molecule has 67 heavy (non-hydrogen) atoms. The molecule has 2 fully saturated rings. The third kappa shape index (κ3) is 11.4. The van der Waals surface area contributed by atoms with Crippen LogP contribution in [0, 0.1) is 18.6 Å². The van der Waals surface area contributed by atoms with E-state index in [1.807, 2.05) is 22.6 Å². The predicted molar refractivity (Wildman–Crippen MR) is 244 cm³/mol. The lowest BCUT2D eigenvalue weighted by atomic mass is 10.0.